The van der Waals surface area contributed by atoms with Gasteiger partial charge in [-0.05, 0) is 6.42 Å². The smallest absolute Gasteiger partial charge is 0.219 e. The van der Waals surface area contributed by atoms with Crippen LogP contribution in [0.25, 0.3) is 0 Å². The SMILES string of the molecule is CC(=O)N1CCC(F)C1.Cl. The molecule has 0 spiro atoms. The van der Waals surface area contributed by atoms with E-state index in [-0.39, 0.29) is 18.3 Å². The zero-order valence-corrected chi connectivity index (χ0v) is 6.66. The molecule has 0 N–H and O–H groups in total. The van der Waals surface area contributed by atoms with Gasteiger partial charge in [0, 0.05) is 13.5 Å². The van der Waals surface area contributed by atoms with Crippen molar-refractivity contribution in [2.75, 3.05) is 13.1 Å². The quantitative estimate of drug-likeness (QED) is 0.527. The molecule has 1 amide bonds. The summed E-state index contributed by atoms with van der Waals surface area (Å²) in [6.07, 6.45) is -0.270. The van der Waals surface area contributed by atoms with E-state index in [2.05, 4.69) is 0 Å². The molecule has 1 aliphatic heterocycles. The first kappa shape index (κ1) is 9.69. The van der Waals surface area contributed by atoms with Crippen molar-refractivity contribution in [3.05, 3.63) is 0 Å². The van der Waals surface area contributed by atoms with Crippen LogP contribution in [0.15, 0.2) is 0 Å². The lowest BCUT2D eigenvalue weighted by Crippen LogP contribution is -2.25. The molecule has 10 heavy (non-hydrogen) atoms. The van der Waals surface area contributed by atoms with E-state index in [1.54, 1.807) is 0 Å². The average molecular weight is 168 g/mol. The van der Waals surface area contributed by atoms with Crippen LogP contribution in [0.4, 0.5) is 4.39 Å². The molecule has 1 unspecified atom stereocenters. The number of nitrogens with zero attached hydrogens (tertiary/aromatic N) is 1. The summed E-state index contributed by atoms with van der Waals surface area (Å²) in [4.78, 5) is 12.1. The highest BCUT2D eigenvalue weighted by molar-refractivity contribution is 5.85. The van der Waals surface area contributed by atoms with Gasteiger partial charge >= 0.3 is 0 Å². The molecule has 0 aliphatic carbocycles. The molecule has 2 nitrogen and oxygen atoms in total. The molecule has 60 valence electrons. The fourth-order valence-corrected chi connectivity index (χ4v) is 1.00. The molecular weight excluding hydrogens is 157 g/mol. The maximum Gasteiger partial charge on any atom is 0.219 e. The lowest BCUT2D eigenvalue weighted by atomic mass is 10.3. The lowest BCUT2D eigenvalue weighted by Gasteiger charge is -2.10. The molecule has 1 saturated heterocycles. The molecule has 0 saturated carbocycles. The molecule has 0 radical (unpaired) electrons. The third-order valence-corrected chi connectivity index (χ3v) is 1.58. The minimum absolute atomic E-state index is 0. The van der Waals surface area contributed by atoms with Crippen LogP contribution in [0.3, 0.4) is 0 Å². The molecule has 4 heteroatoms. The molecule has 0 aromatic rings. The number of carbonyl (C=O) groups excluding carboxylic acids is 1. The molecule has 0 aromatic heterocycles. The third kappa shape index (κ3) is 2.14. The van der Waals surface area contributed by atoms with Crippen molar-refractivity contribution in [2.24, 2.45) is 0 Å². The summed E-state index contributed by atoms with van der Waals surface area (Å²) < 4.78 is 12.3. The van der Waals surface area contributed by atoms with Gasteiger partial charge in [-0.25, -0.2) is 4.39 Å². The van der Waals surface area contributed by atoms with E-state index < -0.39 is 6.17 Å². The van der Waals surface area contributed by atoms with Crippen LogP contribution >= 0.6 is 12.4 Å². The molecule has 1 atom stereocenters. The number of amides is 1. The first-order valence-corrected chi connectivity index (χ1v) is 3.09. The van der Waals surface area contributed by atoms with Gasteiger partial charge in [0.15, 0.2) is 0 Å². The van der Waals surface area contributed by atoms with Gasteiger partial charge in [-0.1, -0.05) is 0 Å². The Kier molecular flexibility index (Phi) is 3.64. The Morgan fingerprint density at radius 2 is 2.30 bits per heavy atom. The van der Waals surface area contributed by atoms with E-state index in [0.717, 1.165) is 0 Å². The van der Waals surface area contributed by atoms with Gasteiger partial charge in [0.05, 0.1) is 6.54 Å². The average Bonchev–Trinajstić information content (AvgIpc) is 2.14. The number of hydrogen-bond donors (Lipinski definition) is 0. The Hall–Kier alpha value is -0.310. The zero-order chi connectivity index (χ0) is 6.85. The predicted molar refractivity (Wildman–Crippen MR) is 39.0 cm³/mol. The van der Waals surface area contributed by atoms with Crippen molar-refractivity contribution < 1.29 is 9.18 Å². The second kappa shape index (κ2) is 3.76. The van der Waals surface area contributed by atoms with Crippen LogP contribution in [-0.2, 0) is 4.79 Å². The first-order valence-electron chi connectivity index (χ1n) is 3.09. The van der Waals surface area contributed by atoms with Crippen LogP contribution in [0.5, 0.6) is 0 Å². The van der Waals surface area contributed by atoms with Crippen LogP contribution in [0, 0.1) is 0 Å². The van der Waals surface area contributed by atoms with Crippen molar-refractivity contribution in [2.45, 2.75) is 19.5 Å². The topological polar surface area (TPSA) is 20.3 Å². The second-order valence-electron chi connectivity index (χ2n) is 2.35. The fraction of sp³-hybridized carbons (Fsp3) is 0.833. The number of halogens is 2. The Balaban J connectivity index is 0.000000810. The van der Waals surface area contributed by atoms with E-state index in [1.807, 2.05) is 0 Å². The molecule has 1 rings (SSSR count). The standard InChI is InChI=1S/C6H10FNO.ClH/c1-5(9)8-3-2-6(7)4-8;/h6H,2-4H2,1H3;1H. The molecule has 1 aliphatic rings. The zero-order valence-electron chi connectivity index (χ0n) is 5.84. The van der Waals surface area contributed by atoms with Crippen molar-refractivity contribution in [3.8, 4) is 0 Å². The summed E-state index contributed by atoms with van der Waals surface area (Å²) in [5.74, 6) is -0.0184. The predicted octanol–water partition coefficient (Wildman–Crippen LogP) is 0.998. The van der Waals surface area contributed by atoms with Gasteiger partial charge in [0.2, 0.25) is 5.91 Å². The Labute approximate surface area is 65.8 Å². The summed E-state index contributed by atoms with van der Waals surface area (Å²) in [5.41, 5.74) is 0. The van der Waals surface area contributed by atoms with Gasteiger partial charge in [-0.15, -0.1) is 12.4 Å². The lowest BCUT2D eigenvalue weighted by molar-refractivity contribution is -0.127. The van der Waals surface area contributed by atoms with Crippen LogP contribution in [0.2, 0.25) is 0 Å². The van der Waals surface area contributed by atoms with Crippen LogP contribution in [0.1, 0.15) is 13.3 Å². The van der Waals surface area contributed by atoms with Crippen molar-refractivity contribution >= 4 is 18.3 Å². The van der Waals surface area contributed by atoms with E-state index in [1.165, 1.54) is 11.8 Å². The van der Waals surface area contributed by atoms with Gasteiger partial charge in [-0.2, -0.15) is 0 Å². The maximum atomic E-state index is 12.3. The summed E-state index contributed by atoms with van der Waals surface area (Å²) in [6.45, 7) is 2.36. The Morgan fingerprint density at radius 1 is 1.70 bits per heavy atom. The minimum atomic E-state index is -0.783. The second-order valence-corrected chi connectivity index (χ2v) is 2.35. The summed E-state index contributed by atoms with van der Waals surface area (Å²) in [6, 6.07) is 0. The van der Waals surface area contributed by atoms with Crippen molar-refractivity contribution in [1.82, 2.24) is 4.90 Å². The minimum Gasteiger partial charge on any atom is -0.340 e. The number of carbonyl (C=O) groups is 1. The number of rotatable bonds is 0. The molecule has 0 aromatic carbocycles. The number of likely N-dealkylation sites (tertiary alicyclic amines) is 1. The highest BCUT2D eigenvalue weighted by Gasteiger charge is 2.22. The van der Waals surface area contributed by atoms with Gasteiger partial charge < -0.3 is 4.90 Å². The van der Waals surface area contributed by atoms with Crippen LogP contribution in [-0.4, -0.2) is 30.1 Å². The van der Waals surface area contributed by atoms with Crippen molar-refractivity contribution in [1.29, 1.82) is 0 Å². The number of hydrogen-bond acceptors (Lipinski definition) is 1. The highest BCUT2D eigenvalue weighted by Crippen LogP contribution is 2.11. The fourth-order valence-electron chi connectivity index (χ4n) is 1.00. The molecule has 1 heterocycles. The largest absolute Gasteiger partial charge is 0.340 e. The van der Waals surface area contributed by atoms with Crippen LogP contribution < -0.4 is 0 Å². The van der Waals surface area contributed by atoms with Gasteiger partial charge in [0.25, 0.3) is 0 Å². The molecule has 0 bridgehead atoms. The van der Waals surface area contributed by atoms with E-state index in [4.69, 9.17) is 0 Å². The monoisotopic (exact) mass is 167 g/mol. The third-order valence-electron chi connectivity index (χ3n) is 1.58. The normalized spacial score (nSPS) is 24.2. The summed E-state index contributed by atoms with van der Waals surface area (Å²) in [7, 11) is 0. The Morgan fingerprint density at radius 3 is 2.50 bits per heavy atom. The van der Waals surface area contributed by atoms with Gasteiger partial charge in [-0.3, -0.25) is 4.79 Å². The van der Waals surface area contributed by atoms with E-state index in [0.29, 0.717) is 19.5 Å². The van der Waals surface area contributed by atoms with Crippen molar-refractivity contribution in [3.63, 3.8) is 0 Å². The van der Waals surface area contributed by atoms with Gasteiger partial charge in [0.1, 0.15) is 6.17 Å². The summed E-state index contributed by atoms with van der Waals surface area (Å²) >= 11 is 0. The summed E-state index contributed by atoms with van der Waals surface area (Å²) in [5, 5.41) is 0. The first-order chi connectivity index (χ1) is 4.20. The van der Waals surface area contributed by atoms with E-state index in [9.17, 15) is 9.18 Å². The molecular formula is C6H11ClFNO. The molecule has 1 fully saturated rings. The highest BCUT2D eigenvalue weighted by atomic mass is 35.5. The number of alkyl halides is 1. The van der Waals surface area contributed by atoms with E-state index >= 15 is 0 Å². The maximum absolute atomic E-state index is 12.3. The Bertz CT molecular complexity index is 131.